The van der Waals surface area contributed by atoms with Crippen LogP contribution in [0.3, 0.4) is 0 Å². The average molecular weight is 468 g/mol. The summed E-state index contributed by atoms with van der Waals surface area (Å²) in [4.78, 5) is 12.9. The molecule has 156 valence electrons. The van der Waals surface area contributed by atoms with E-state index in [1.54, 1.807) is 19.2 Å². The van der Waals surface area contributed by atoms with Crippen molar-refractivity contribution in [3.63, 3.8) is 0 Å². The summed E-state index contributed by atoms with van der Waals surface area (Å²) in [5.74, 6) is 0.137. The van der Waals surface area contributed by atoms with Crippen molar-refractivity contribution in [2.75, 3.05) is 37.0 Å². The standard InChI is InChI=1S/C21H24BrF2N3O2/c1-25-11-16-20(5-3-17(23)21(16)26-13-28)29-12-14-6-8-27(9-7-14)19-4-2-15(22)10-18(19)24/h2-5,10,13-14,25H,6-9,11-12H2,1H3,(H,26,28). The summed E-state index contributed by atoms with van der Waals surface area (Å²) in [5, 5.41) is 5.39. The van der Waals surface area contributed by atoms with E-state index in [2.05, 4.69) is 31.5 Å². The summed E-state index contributed by atoms with van der Waals surface area (Å²) in [7, 11) is 1.75. The van der Waals surface area contributed by atoms with Crippen molar-refractivity contribution in [1.82, 2.24) is 5.32 Å². The summed E-state index contributed by atoms with van der Waals surface area (Å²) in [6.07, 6.45) is 2.20. The van der Waals surface area contributed by atoms with Gasteiger partial charge in [-0.2, -0.15) is 0 Å². The molecule has 3 rings (SSSR count). The lowest BCUT2D eigenvalue weighted by Crippen LogP contribution is -2.36. The van der Waals surface area contributed by atoms with Gasteiger partial charge in [0.15, 0.2) is 0 Å². The number of hydrogen-bond donors (Lipinski definition) is 2. The lowest BCUT2D eigenvalue weighted by atomic mass is 9.97. The molecule has 1 amide bonds. The van der Waals surface area contributed by atoms with E-state index in [1.807, 2.05) is 6.07 Å². The highest BCUT2D eigenvalue weighted by Gasteiger charge is 2.23. The Morgan fingerprint density at radius 1 is 1.21 bits per heavy atom. The second-order valence-corrected chi connectivity index (χ2v) is 7.94. The number of benzene rings is 2. The first-order chi connectivity index (χ1) is 14.0. The highest BCUT2D eigenvalue weighted by molar-refractivity contribution is 9.10. The minimum Gasteiger partial charge on any atom is -0.493 e. The largest absolute Gasteiger partial charge is 0.493 e. The van der Waals surface area contributed by atoms with Gasteiger partial charge in [-0.3, -0.25) is 4.79 Å². The lowest BCUT2D eigenvalue weighted by molar-refractivity contribution is -0.105. The predicted molar refractivity (Wildman–Crippen MR) is 113 cm³/mol. The molecule has 0 unspecified atom stereocenters. The molecule has 8 heteroatoms. The molecular formula is C21H24BrF2N3O2. The Labute approximate surface area is 177 Å². The molecule has 1 heterocycles. The van der Waals surface area contributed by atoms with Crippen molar-refractivity contribution >= 4 is 33.7 Å². The van der Waals surface area contributed by atoms with Gasteiger partial charge >= 0.3 is 0 Å². The predicted octanol–water partition coefficient (Wildman–Crippen LogP) is 4.31. The number of halogens is 3. The van der Waals surface area contributed by atoms with Crippen molar-refractivity contribution in [2.45, 2.75) is 19.4 Å². The normalized spacial score (nSPS) is 14.7. The van der Waals surface area contributed by atoms with Gasteiger partial charge in [-0.15, -0.1) is 0 Å². The Bertz CT molecular complexity index is 858. The molecule has 0 saturated carbocycles. The minimum absolute atomic E-state index is 0.132. The summed E-state index contributed by atoms with van der Waals surface area (Å²) in [6, 6.07) is 7.99. The maximum absolute atomic E-state index is 14.2. The number of nitrogens with zero attached hydrogens (tertiary/aromatic N) is 1. The minimum atomic E-state index is -0.500. The van der Waals surface area contributed by atoms with E-state index in [0.717, 1.165) is 30.4 Å². The summed E-state index contributed by atoms with van der Waals surface area (Å²) >= 11 is 3.28. The highest BCUT2D eigenvalue weighted by Crippen LogP contribution is 2.31. The molecule has 0 spiro atoms. The second kappa shape index (κ2) is 10.0. The van der Waals surface area contributed by atoms with Gasteiger partial charge in [0.25, 0.3) is 0 Å². The zero-order valence-electron chi connectivity index (χ0n) is 16.2. The SMILES string of the molecule is CNCc1c(OCC2CCN(c3ccc(Br)cc3F)CC2)ccc(F)c1NC=O. The zero-order valence-corrected chi connectivity index (χ0v) is 17.8. The maximum Gasteiger partial charge on any atom is 0.211 e. The first-order valence-electron chi connectivity index (χ1n) is 9.52. The van der Waals surface area contributed by atoms with Gasteiger partial charge < -0.3 is 20.3 Å². The van der Waals surface area contributed by atoms with Crippen LogP contribution in [0.25, 0.3) is 0 Å². The van der Waals surface area contributed by atoms with Crippen LogP contribution in [0.4, 0.5) is 20.2 Å². The van der Waals surface area contributed by atoms with Gasteiger partial charge in [-0.05, 0) is 56.1 Å². The van der Waals surface area contributed by atoms with Crippen molar-refractivity contribution in [3.05, 3.63) is 52.0 Å². The summed E-state index contributed by atoms with van der Waals surface area (Å²) in [6.45, 7) is 2.35. The Hall–Kier alpha value is -2.19. The molecule has 5 nitrogen and oxygen atoms in total. The molecule has 0 bridgehead atoms. The molecule has 1 fully saturated rings. The van der Waals surface area contributed by atoms with Gasteiger partial charge in [0, 0.05) is 29.7 Å². The number of rotatable bonds is 8. The molecular weight excluding hydrogens is 444 g/mol. The third-order valence-electron chi connectivity index (χ3n) is 5.12. The maximum atomic E-state index is 14.2. The smallest absolute Gasteiger partial charge is 0.211 e. The van der Waals surface area contributed by atoms with E-state index in [-0.39, 0.29) is 11.5 Å². The van der Waals surface area contributed by atoms with Crippen LogP contribution in [0.2, 0.25) is 0 Å². The topological polar surface area (TPSA) is 53.6 Å². The number of anilines is 2. The van der Waals surface area contributed by atoms with E-state index in [0.29, 0.717) is 42.5 Å². The number of nitrogens with one attached hydrogen (secondary N) is 2. The van der Waals surface area contributed by atoms with E-state index < -0.39 is 5.82 Å². The Morgan fingerprint density at radius 3 is 2.62 bits per heavy atom. The Kier molecular flexibility index (Phi) is 7.44. The second-order valence-electron chi connectivity index (χ2n) is 7.03. The first-order valence-corrected chi connectivity index (χ1v) is 10.3. The molecule has 0 atom stereocenters. The highest BCUT2D eigenvalue weighted by atomic mass is 79.9. The van der Waals surface area contributed by atoms with Gasteiger partial charge in [0.1, 0.15) is 17.4 Å². The molecule has 2 aromatic carbocycles. The number of ether oxygens (including phenoxy) is 1. The third kappa shape index (κ3) is 5.25. The summed E-state index contributed by atoms with van der Waals surface area (Å²) < 4.78 is 35.0. The van der Waals surface area contributed by atoms with Gasteiger partial charge in [0.05, 0.1) is 18.0 Å². The fourth-order valence-corrected chi connectivity index (χ4v) is 3.92. The van der Waals surface area contributed by atoms with E-state index >= 15 is 0 Å². The van der Waals surface area contributed by atoms with Gasteiger partial charge in [0.2, 0.25) is 6.41 Å². The number of amides is 1. The zero-order chi connectivity index (χ0) is 20.8. The molecule has 0 radical (unpaired) electrons. The van der Waals surface area contributed by atoms with Crippen LogP contribution in [0.5, 0.6) is 5.75 Å². The molecule has 0 aromatic heterocycles. The Balaban J connectivity index is 1.61. The van der Waals surface area contributed by atoms with Crippen LogP contribution in [0.1, 0.15) is 18.4 Å². The first kappa shape index (κ1) is 21.5. The van der Waals surface area contributed by atoms with Crippen LogP contribution in [0, 0.1) is 17.6 Å². The molecule has 0 aliphatic carbocycles. The molecule has 29 heavy (non-hydrogen) atoms. The van der Waals surface area contributed by atoms with Crippen molar-refractivity contribution in [2.24, 2.45) is 5.92 Å². The molecule has 1 aliphatic rings. The molecule has 1 saturated heterocycles. The number of hydrogen-bond acceptors (Lipinski definition) is 4. The van der Waals surface area contributed by atoms with E-state index in [1.165, 1.54) is 12.1 Å². The van der Waals surface area contributed by atoms with Crippen molar-refractivity contribution < 1.29 is 18.3 Å². The van der Waals surface area contributed by atoms with Crippen LogP contribution < -0.4 is 20.3 Å². The average Bonchev–Trinajstić information content (AvgIpc) is 2.71. The molecule has 2 aromatic rings. The third-order valence-corrected chi connectivity index (χ3v) is 5.61. The number of carbonyl (C=O) groups is 1. The van der Waals surface area contributed by atoms with Gasteiger partial charge in [-0.25, -0.2) is 8.78 Å². The van der Waals surface area contributed by atoms with Crippen LogP contribution >= 0.6 is 15.9 Å². The fourth-order valence-electron chi connectivity index (χ4n) is 3.59. The fraction of sp³-hybridized carbons (Fsp3) is 0.381. The quantitative estimate of drug-likeness (QED) is 0.568. The van der Waals surface area contributed by atoms with E-state index in [4.69, 9.17) is 4.74 Å². The van der Waals surface area contributed by atoms with Crippen LogP contribution in [0.15, 0.2) is 34.8 Å². The molecule has 2 N–H and O–H groups in total. The molecule has 1 aliphatic heterocycles. The summed E-state index contributed by atoms with van der Waals surface area (Å²) in [5.41, 5.74) is 1.33. The van der Waals surface area contributed by atoms with Crippen molar-refractivity contribution in [3.8, 4) is 5.75 Å². The number of piperidine rings is 1. The van der Waals surface area contributed by atoms with E-state index in [9.17, 15) is 13.6 Å². The number of carbonyl (C=O) groups excluding carboxylic acids is 1. The lowest BCUT2D eigenvalue weighted by Gasteiger charge is -2.33. The Morgan fingerprint density at radius 2 is 1.97 bits per heavy atom. The van der Waals surface area contributed by atoms with Crippen molar-refractivity contribution in [1.29, 1.82) is 0 Å². The van der Waals surface area contributed by atoms with Gasteiger partial charge in [-0.1, -0.05) is 15.9 Å². The van der Waals surface area contributed by atoms with Crippen LogP contribution in [-0.2, 0) is 11.3 Å². The van der Waals surface area contributed by atoms with Crippen LogP contribution in [-0.4, -0.2) is 33.2 Å². The monoisotopic (exact) mass is 467 g/mol.